The molecule has 10 nitrogen and oxygen atoms in total. The molecule has 1 fully saturated rings. The maximum Gasteiger partial charge on any atom is 0.332 e. The molecular formula is C15H19ClN6O4. The van der Waals surface area contributed by atoms with Gasteiger partial charge in [0, 0.05) is 27.2 Å². The predicted octanol–water partition coefficient (Wildman–Crippen LogP) is -1.18. The summed E-state index contributed by atoms with van der Waals surface area (Å²) in [7, 11) is 4.30. The zero-order valence-corrected chi connectivity index (χ0v) is 15.4. The number of nitrogens with zero attached hydrogens (tertiary/aromatic N) is 5. The molecule has 0 unspecified atom stereocenters. The van der Waals surface area contributed by atoms with Crippen molar-refractivity contribution in [3.8, 4) is 0 Å². The number of amides is 2. The fraction of sp³-hybridized carbons (Fsp3) is 0.533. The van der Waals surface area contributed by atoms with E-state index in [-0.39, 0.29) is 41.5 Å². The van der Waals surface area contributed by atoms with Gasteiger partial charge in [0.05, 0.1) is 6.54 Å². The fourth-order valence-electron chi connectivity index (χ4n) is 2.62. The molecule has 0 aromatic carbocycles. The van der Waals surface area contributed by atoms with Crippen LogP contribution < -0.4 is 16.6 Å². The molecule has 2 heterocycles. The smallest absolute Gasteiger partial charge is 0.332 e. The molecule has 0 atom stereocenters. The van der Waals surface area contributed by atoms with Crippen molar-refractivity contribution in [2.45, 2.75) is 25.4 Å². The SMILES string of the molecule is CN(CC(=O)NC1CC1)C(=O)Cn1c(Cl)nc2c1c(=O)n(C)c(=O)n2C. The van der Waals surface area contributed by atoms with E-state index in [1.54, 1.807) is 0 Å². The molecule has 1 aliphatic carbocycles. The molecule has 1 N–H and O–H groups in total. The Bertz CT molecular complexity index is 1020. The summed E-state index contributed by atoms with van der Waals surface area (Å²) in [6.07, 6.45) is 1.92. The number of carbonyl (C=O) groups excluding carboxylic acids is 2. The molecule has 11 heteroatoms. The Morgan fingerprint density at radius 1 is 1.27 bits per heavy atom. The lowest BCUT2D eigenvalue weighted by Gasteiger charge is -2.17. The number of hydrogen-bond donors (Lipinski definition) is 1. The zero-order valence-electron chi connectivity index (χ0n) is 14.7. The van der Waals surface area contributed by atoms with E-state index in [2.05, 4.69) is 10.3 Å². The molecule has 26 heavy (non-hydrogen) atoms. The van der Waals surface area contributed by atoms with Gasteiger partial charge >= 0.3 is 5.69 Å². The summed E-state index contributed by atoms with van der Waals surface area (Å²) < 4.78 is 3.36. The standard InChI is InChI=1S/C15H19ClN6O4/c1-19(6-9(23)17-8-4-5-8)10(24)7-22-11-12(18-14(22)16)20(2)15(26)21(3)13(11)25/h8H,4-7H2,1-3H3,(H,17,23). The molecule has 0 bridgehead atoms. The Kier molecular flexibility index (Phi) is 4.61. The molecule has 140 valence electrons. The molecule has 0 radical (unpaired) electrons. The number of hydrogen-bond acceptors (Lipinski definition) is 5. The molecule has 3 rings (SSSR count). The summed E-state index contributed by atoms with van der Waals surface area (Å²) in [6.45, 7) is -0.355. The van der Waals surface area contributed by atoms with E-state index in [9.17, 15) is 19.2 Å². The Morgan fingerprint density at radius 3 is 2.54 bits per heavy atom. The van der Waals surface area contributed by atoms with Crippen LogP contribution in [0.2, 0.25) is 5.28 Å². The van der Waals surface area contributed by atoms with Crippen LogP contribution >= 0.6 is 11.6 Å². The molecule has 1 aliphatic rings. The number of carbonyl (C=O) groups is 2. The molecule has 0 saturated heterocycles. The molecule has 0 aliphatic heterocycles. The minimum absolute atomic E-state index is 0.0591. The van der Waals surface area contributed by atoms with E-state index < -0.39 is 17.2 Å². The highest BCUT2D eigenvalue weighted by Gasteiger charge is 2.25. The van der Waals surface area contributed by atoms with Crippen LogP contribution in [0.15, 0.2) is 9.59 Å². The van der Waals surface area contributed by atoms with Crippen molar-refractivity contribution < 1.29 is 9.59 Å². The van der Waals surface area contributed by atoms with Crippen molar-refractivity contribution in [1.29, 1.82) is 0 Å². The first-order valence-electron chi connectivity index (χ1n) is 8.05. The number of halogens is 1. The third-order valence-corrected chi connectivity index (χ3v) is 4.63. The first kappa shape index (κ1) is 18.2. The number of aromatic nitrogens is 4. The normalized spacial score (nSPS) is 13.8. The van der Waals surface area contributed by atoms with E-state index in [1.165, 1.54) is 35.2 Å². The second-order valence-corrected chi connectivity index (χ2v) is 6.77. The van der Waals surface area contributed by atoms with Gasteiger partial charge in [-0.2, -0.15) is 4.98 Å². The van der Waals surface area contributed by atoms with Gasteiger partial charge in [0.15, 0.2) is 11.2 Å². The van der Waals surface area contributed by atoms with Gasteiger partial charge in [-0.25, -0.2) is 4.79 Å². The number of likely N-dealkylation sites (N-methyl/N-ethyl adjacent to an activating group) is 1. The lowest BCUT2D eigenvalue weighted by Crippen LogP contribution is -2.41. The lowest BCUT2D eigenvalue weighted by atomic mass is 10.4. The summed E-state index contributed by atoms with van der Waals surface area (Å²) >= 11 is 6.09. The summed E-state index contributed by atoms with van der Waals surface area (Å²) in [5.41, 5.74) is -0.970. The Labute approximate surface area is 153 Å². The average Bonchev–Trinajstić information content (AvgIpc) is 3.33. The first-order valence-corrected chi connectivity index (χ1v) is 8.43. The number of nitrogens with one attached hydrogen (secondary N) is 1. The van der Waals surface area contributed by atoms with Gasteiger partial charge in [-0.3, -0.25) is 28.1 Å². The Hall–Kier alpha value is -2.62. The van der Waals surface area contributed by atoms with Gasteiger partial charge in [-0.05, 0) is 24.4 Å². The summed E-state index contributed by atoms with van der Waals surface area (Å²) in [4.78, 5) is 54.0. The average molecular weight is 383 g/mol. The Morgan fingerprint density at radius 2 is 1.92 bits per heavy atom. The third kappa shape index (κ3) is 3.24. The second-order valence-electron chi connectivity index (χ2n) is 6.44. The van der Waals surface area contributed by atoms with Crippen molar-refractivity contribution in [3.05, 3.63) is 26.1 Å². The fourth-order valence-corrected chi connectivity index (χ4v) is 2.85. The number of imidazole rings is 1. The van der Waals surface area contributed by atoms with Crippen molar-refractivity contribution in [1.82, 2.24) is 28.9 Å². The third-order valence-electron chi connectivity index (χ3n) is 4.34. The minimum Gasteiger partial charge on any atom is -0.352 e. The highest BCUT2D eigenvalue weighted by Crippen LogP contribution is 2.18. The minimum atomic E-state index is -0.593. The first-order chi connectivity index (χ1) is 12.2. The molecule has 0 spiro atoms. The van der Waals surface area contributed by atoms with Crippen LogP contribution in [0.5, 0.6) is 0 Å². The Balaban J connectivity index is 1.87. The monoisotopic (exact) mass is 382 g/mol. The van der Waals surface area contributed by atoms with Crippen LogP contribution in [0.4, 0.5) is 0 Å². The largest absolute Gasteiger partial charge is 0.352 e. The van der Waals surface area contributed by atoms with Gasteiger partial charge in [0.1, 0.15) is 6.54 Å². The summed E-state index contributed by atoms with van der Waals surface area (Å²) in [5, 5.41) is 2.72. The van der Waals surface area contributed by atoms with Gasteiger partial charge in [-0.1, -0.05) is 0 Å². The zero-order chi connectivity index (χ0) is 19.2. The van der Waals surface area contributed by atoms with Crippen LogP contribution in [0, 0.1) is 0 Å². The van der Waals surface area contributed by atoms with Crippen LogP contribution in [0.1, 0.15) is 12.8 Å². The highest BCUT2D eigenvalue weighted by molar-refractivity contribution is 6.29. The number of aryl methyl sites for hydroxylation is 1. The van der Waals surface area contributed by atoms with Gasteiger partial charge in [-0.15, -0.1) is 0 Å². The van der Waals surface area contributed by atoms with Crippen molar-refractivity contribution >= 4 is 34.6 Å². The van der Waals surface area contributed by atoms with Crippen LogP contribution in [-0.4, -0.2) is 55.0 Å². The van der Waals surface area contributed by atoms with Crippen LogP contribution in [-0.2, 0) is 30.2 Å². The van der Waals surface area contributed by atoms with Crippen molar-refractivity contribution in [3.63, 3.8) is 0 Å². The summed E-state index contributed by atoms with van der Waals surface area (Å²) in [6, 6.07) is 0.211. The molecule has 1 saturated carbocycles. The quantitative estimate of drug-likeness (QED) is 0.654. The van der Waals surface area contributed by atoms with E-state index >= 15 is 0 Å². The van der Waals surface area contributed by atoms with E-state index in [0.29, 0.717) is 0 Å². The maximum absolute atomic E-state index is 12.5. The molecule has 2 aromatic rings. The molecule has 2 amide bonds. The van der Waals surface area contributed by atoms with E-state index in [1.807, 2.05) is 0 Å². The number of rotatable bonds is 5. The summed E-state index contributed by atoms with van der Waals surface area (Å²) in [5.74, 6) is -0.642. The van der Waals surface area contributed by atoms with E-state index in [0.717, 1.165) is 17.4 Å². The van der Waals surface area contributed by atoms with Gasteiger partial charge in [0.2, 0.25) is 17.1 Å². The second kappa shape index (κ2) is 6.60. The number of fused-ring (bicyclic) bond motifs is 1. The van der Waals surface area contributed by atoms with Crippen molar-refractivity contribution in [2.24, 2.45) is 14.1 Å². The van der Waals surface area contributed by atoms with Crippen LogP contribution in [0.3, 0.4) is 0 Å². The molecule has 2 aromatic heterocycles. The topological polar surface area (TPSA) is 111 Å². The highest BCUT2D eigenvalue weighted by atomic mass is 35.5. The van der Waals surface area contributed by atoms with Gasteiger partial charge < -0.3 is 10.2 Å². The van der Waals surface area contributed by atoms with Crippen molar-refractivity contribution in [2.75, 3.05) is 13.6 Å². The molecular weight excluding hydrogens is 364 g/mol. The predicted molar refractivity (Wildman–Crippen MR) is 94.0 cm³/mol. The maximum atomic E-state index is 12.5. The van der Waals surface area contributed by atoms with Gasteiger partial charge in [0.25, 0.3) is 5.56 Å². The van der Waals surface area contributed by atoms with Crippen LogP contribution in [0.25, 0.3) is 11.2 Å². The van der Waals surface area contributed by atoms with E-state index in [4.69, 9.17) is 11.6 Å². The lowest BCUT2D eigenvalue weighted by molar-refractivity contribution is -0.135.